The first-order valence-electron chi connectivity index (χ1n) is 7.65. The van der Waals surface area contributed by atoms with Crippen molar-refractivity contribution < 1.29 is 9.59 Å². The van der Waals surface area contributed by atoms with Crippen LogP contribution in [0.2, 0.25) is 0 Å². The summed E-state index contributed by atoms with van der Waals surface area (Å²) >= 11 is 0. The summed E-state index contributed by atoms with van der Waals surface area (Å²) < 4.78 is 0. The van der Waals surface area contributed by atoms with Crippen LogP contribution < -0.4 is 10.2 Å². The Morgan fingerprint density at radius 3 is 2.48 bits per heavy atom. The van der Waals surface area contributed by atoms with Gasteiger partial charge in [-0.25, -0.2) is 0 Å². The van der Waals surface area contributed by atoms with Gasteiger partial charge in [0, 0.05) is 29.8 Å². The van der Waals surface area contributed by atoms with Crippen molar-refractivity contribution in [2.75, 3.05) is 16.8 Å². The first-order valence-corrected chi connectivity index (χ1v) is 7.65. The van der Waals surface area contributed by atoms with E-state index >= 15 is 0 Å². The molecule has 0 fully saturated rings. The fraction of sp³-hybridized carbons (Fsp3) is 0.529. The SMILES string of the molecule is CC(C)C(=O)Nc1ccc2c(c1)N(C(=O)C(C)C)CCC2. The Bertz CT molecular complexity index is 550. The van der Waals surface area contributed by atoms with Crippen LogP contribution in [-0.4, -0.2) is 18.4 Å². The number of nitrogens with one attached hydrogen (secondary N) is 1. The summed E-state index contributed by atoms with van der Waals surface area (Å²) in [4.78, 5) is 26.0. The maximum absolute atomic E-state index is 12.3. The second-order valence-electron chi connectivity index (χ2n) is 6.24. The maximum atomic E-state index is 12.3. The van der Waals surface area contributed by atoms with Gasteiger partial charge in [-0.1, -0.05) is 33.8 Å². The van der Waals surface area contributed by atoms with Gasteiger partial charge >= 0.3 is 0 Å². The maximum Gasteiger partial charge on any atom is 0.229 e. The minimum atomic E-state index is -0.0607. The molecular formula is C17H24N2O2. The number of rotatable bonds is 3. The Morgan fingerprint density at radius 2 is 1.86 bits per heavy atom. The molecule has 1 aliphatic heterocycles. The predicted molar refractivity (Wildman–Crippen MR) is 85.4 cm³/mol. The second kappa shape index (κ2) is 6.29. The molecule has 114 valence electrons. The number of benzene rings is 1. The number of hydrogen-bond acceptors (Lipinski definition) is 2. The third-order valence-electron chi connectivity index (χ3n) is 3.76. The van der Waals surface area contributed by atoms with Crippen LogP contribution in [0, 0.1) is 11.8 Å². The zero-order valence-corrected chi connectivity index (χ0v) is 13.3. The number of nitrogens with zero attached hydrogens (tertiary/aromatic N) is 1. The summed E-state index contributed by atoms with van der Waals surface area (Å²) in [5.74, 6) is 0.0510. The molecule has 4 heteroatoms. The van der Waals surface area contributed by atoms with Crippen LogP contribution >= 0.6 is 0 Å². The van der Waals surface area contributed by atoms with E-state index in [4.69, 9.17) is 0 Å². The number of carbonyl (C=O) groups is 2. The molecule has 21 heavy (non-hydrogen) atoms. The summed E-state index contributed by atoms with van der Waals surface area (Å²) in [7, 11) is 0. The molecule has 0 atom stereocenters. The highest BCUT2D eigenvalue weighted by molar-refractivity contribution is 5.98. The van der Waals surface area contributed by atoms with Crippen molar-refractivity contribution in [3.05, 3.63) is 23.8 Å². The number of aryl methyl sites for hydroxylation is 1. The van der Waals surface area contributed by atoms with Gasteiger partial charge in [-0.05, 0) is 30.5 Å². The average molecular weight is 288 g/mol. The van der Waals surface area contributed by atoms with Crippen LogP contribution in [0.1, 0.15) is 39.7 Å². The largest absolute Gasteiger partial charge is 0.326 e. The second-order valence-corrected chi connectivity index (χ2v) is 6.24. The number of fused-ring (bicyclic) bond motifs is 1. The molecule has 1 N–H and O–H groups in total. The molecule has 0 radical (unpaired) electrons. The van der Waals surface area contributed by atoms with E-state index in [1.807, 2.05) is 50.8 Å². The molecule has 1 aliphatic rings. The standard InChI is InChI=1S/C17H24N2O2/c1-11(2)16(20)18-14-8-7-13-6-5-9-19(15(13)10-14)17(21)12(3)4/h7-8,10-12H,5-6,9H2,1-4H3,(H,18,20). The van der Waals surface area contributed by atoms with E-state index in [-0.39, 0.29) is 23.7 Å². The lowest BCUT2D eigenvalue weighted by molar-refractivity contribution is -0.121. The number of carbonyl (C=O) groups excluding carboxylic acids is 2. The van der Waals surface area contributed by atoms with Gasteiger partial charge in [0.05, 0.1) is 0 Å². The fourth-order valence-electron chi connectivity index (χ4n) is 2.48. The van der Waals surface area contributed by atoms with E-state index < -0.39 is 0 Å². The van der Waals surface area contributed by atoms with Crippen molar-refractivity contribution in [2.24, 2.45) is 11.8 Å². The van der Waals surface area contributed by atoms with Gasteiger partial charge in [-0.15, -0.1) is 0 Å². The number of hydrogen-bond donors (Lipinski definition) is 1. The summed E-state index contributed by atoms with van der Waals surface area (Å²) in [6.07, 6.45) is 1.97. The minimum Gasteiger partial charge on any atom is -0.326 e. The molecule has 2 amide bonds. The molecule has 1 aromatic rings. The lowest BCUT2D eigenvalue weighted by Crippen LogP contribution is -2.38. The zero-order chi connectivity index (χ0) is 15.6. The molecule has 0 aromatic heterocycles. The Labute approximate surface area is 126 Å². The summed E-state index contributed by atoms with van der Waals surface area (Å²) in [6.45, 7) is 8.32. The molecule has 0 saturated carbocycles. The van der Waals surface area contributed by atoms with Crippen molar-refractivity contribution in [2.45, 2.75) is 40.5 Å². The molecule has 2 rings (SSSR count). The molecule has 4 nitrogen and oxygen atoms in total. The van der Waals surface area contributed by atoms with Gasteiger partial charge < -0.3 is 10.2 Å². The first-order chi connectivity index (χ1) is 9.90. The number of anilines is 2. The van der Waals surface area contributed by atoms with Gasteiger partial charge in [0.25, 0.3) is 0 Å². The molecule has 1 heterocycles. The molecule has 0 saturated heterocycles. The van der Waals surface area contributed by atoms with Crippen molar-refractivity contribution in [3.8, 4) is 0 Å². The van der Waals surface area contributed by atoms with Crippen LogP contribution in [-0.2, 0) is 16.0 Å². The van der Waals surface area contributed by atoms with Crippen molar-refractivity contribution >= 4 is 23.2 Å². The van der Waals surface area contributed by atoms with Gasteiger partial charge in [0.2, 0.25) is 11.8 Å². The Morgan fingerprint density at radius 1 is 1.14 bits per heavy atom. The summed E-state index contributed by atoms with van der Waals surface area (Å²) in [5.41, 5.74) is 2.88. The average Bonchev–Trinajstić information content (AvgIpc) is 2.45. The normalized spacial score (nSPS) is 14.3. The van der Waals surface area contributed by atoms with E-state index in [1.165, 1.54) is 5.56 Å². The van der Waals surface area contributed by atoms with E-state index in [2.05, 4.69) is 5.32 Å². The van der Waals surface area contributed by atoms with Crippen molar-refractivity contribution in [3.63, 3.8) is 0 Å². The highest BCUT2D eigenvalue weighted by atomic mass is 16.2. The molecular weight excluding hydrogens is 264 g/mol. The summed E-state index contributed by atoms with van der Waals surface area (Å²) in [6, 6.07) is 5.86. The smallest absolute Gasteiger partial charge is 0.229 e. The zero-order valence-electron chi connectivity index (χ0n) is 13.3. The Hall–Kier alpha value is -1.84. The first kappa shape index (κ1) is 15.5. The van der Waals surface area contributed by atoms with E-state index in [0.717, 1.165) is 30.8 Å². The van der Waals surface area contributed by atoms with E-state index in [9.17, 15) is 9.59 Å². The molecule has 0 bridgehead atoms. The van der Waals surface area contributed by atoms with Crippen LogP contribution in [0.25, 0.3) is 0 Å². The number of amides is 2. The molecule has 0 spiro atoms. The topological polar surface area (TPSA) is 49.4 Å². The van der Waals surface area contributed by atoms with Crippen LogP contribution in [0.5, 0.6) is 0 Å². The highest BCUT2D eigenvalue weighted by Crippen LogP contribution is 2.31. The summed E-state index contributed by atoms with van der Waals surface area (Å²) in [5, 5.41) is 2.90. The van der Waals surface area contributed by atoms with Crippen LogP contribution in [0.4, 0.5) is 11.4 Å². The van der Waals surface area contributed by atoms with Gasteiger partial charge in [-0.2, -0.15) is 0 Å². The molecule has 0 aliphatic carbocycles. The lowest BCUT2D eigenvalue weighted by Gasteiger charge is -2.31. The van der Waals surface area contributed by atoms with E-state index in [0.29, 0.717) is 0 Å². The van der Waals surface area contributed by atoms with E-state index in [1.54, 1.807) is 0 Å². The van der Waals surface area contributed by atoms with Crippen molar-refractivity contribution in [1.82, 2.24) is 0 Å². The fourth-order valence-corrected chi connectivity index (χ4v) is 2.48. The third-order valence-corrected chi connectivity index (χ3v) is 3.76. The van der Waals surface area contributed by atoms with Gasteiger partial charge in [-0.3, -0.25) is 9.59 Å². The predicted octanol–water partition coefficient (Wildman–Crippen LogP) is 3.22. The van der Waals surface area contributed by atoms with Gasteiger partial charge in [0.1, 0.15) is 0 Å². The van der Waals surface area contributed by atoms with Gasteiger partial charge in [0.15, 0.2) is 0 Å². The minimum absolute atomic E-state index is 0.00695. The molecule has 0 unspecified atom stereocenters. The van der Waals surface area contributed by atoms with Crippen LogP contribution in [0.3, 0.4) is 0 Å². The quantitative estimate of drug-likeness (QED) is 0.928. The monoisotopic (exact) mass is 288 g/mol. The molecule has 1 aromatic carbocycles. The lowest BCUT2D eigenvalue weighted by atomic mass is 9.99. The Balaban J connectivity index is 2.29. The third kappa shape index (κ3) is 3.43. The Kier molecular flexibility index (Phi) is 4.66. The van der Waals surface area contributed by atoms with Crippen molar-refractivity contribution in [1.29, 1.82) is 0 Å². The van der Waals surface area contributed by atoms with Crippen LogP contribution in [0.15, 0.2) is 18.2 Å². The highest BCUT2D eigenvalue weighted by Gasteiger charge is 2.24.